The monoisotopic (exact) mass is 246 g/mol. The fourth-order valence-corrected chi connectivity index (χ4v) is 1.75. The Hall–Kier alpha value is -0.640. The molecular weight excluding hydrogens is 231 g/mol. The third-order valence-electron chi connectivity index (χ3n) is 2.36. The summed E-state index contributed by atoms with van der Waals surface area (Å²) in [4.78, 5) is 0. The molecule has 1 rings (SSSR count). The van der Waals surface area contributed by atoms with Gasteiger partial charge >= 0.3 is 0 Å². The Labute approximate surface area is 100.0 Å². The van der Waals surface area contributed by atoms with Crippen LogP contribution in [0.5, 0.6) is 0 Å². The molecule has 0 amide bonds. The number of hydrogen-bond donors (Lipinski definition) is 1. The lowest BCUT2D eigenvalue weighted by Gasteiger charge is -2.11. The second kappa shape index (κ2) is 6.84. The van der Waals surface area contributed by atoms with Crippen LogP contribution < -0.4 is 0 Å². The summed E-state index contributed by atoms with van der Waals surface area (Å²) < 4.78 is 17.7. The molecular formula is C12H16ClFO2. The van der Waals surface area contributed by atoms with Gasteiger partial charge in [0.1, 0.15) is 5.82 Å². The number of hydrogen-bond acceptors (Lipinski definition) is 2. The van der Waals surface area contributed by atoms with Crippen LogP contribution in [0, 0.1) is 5.82 Å². The van der Waals surface area contributed by atoms with Gasteiger partial charge in [0.2, 0.25) is 0 Å². The van der Waals surface area contributed by atoms with Crippen molar-refractivity contribution in [3.05, 3.63) is 34.6 Å². The quantitative estimate of drug-likeness (QED) is 0.783. The normalized spacial score (nSPS) is 12.8. The predicted molar refractivity (Wildman–Crippen MR) is 62.2 cm³/mol. The molecule has 90 valence electrons. The average Bonchev–Trinajstić information content (AvgIpc) is 2.23. The summed E-state index contributed by atoms with van der Waals surface area (Å²) in [6, 6.07) is 4.22. The molecule has 1 atom stereocenters. The molecule has 0 fully saturated rings. The maximum absolute atomic E-state index is 12.8. The summed E-state index contributed by atoms with van der Waals surface area (Å²) in [7, 11) is 1.63. The number of aliphatic hydroxyl groups is 1. The van der Waals surface area contributed by atoms with E-state index in [0.717, 1.165) is 12.0 Å². The van der Waals surface area contributed by atoms with Gasteiger partial charge in [-0.3, -0.25) is 0 Å². The van der Waals surface area contributed by atoms with Gasteiger partial charge in [0, 0.05) is 18.7 Å². The largest absolute Gasteiger partial charge is 0.393 e. The van der Waals surface area contributed by atoms with Crippen LogP contribution in [0.3, 0.4) is 0 Å². The Morgan fingerprint density at radius 1 is 1.50 bits per heavy atom. The van der Waals surface area contributed by atoms with E-state index in [1.54, 1.807) is 13.2 Å². The van der Waals surface area contributed by atoms with Gasteiger partial charge < -0.3 is 9.84 Å². The van der Waals surface area contributed by atoms with Gasteiger partial charge in [-0.25, -0.2) is 4.39 Å². The van der Waals surface area contributed by atoms with Crippen molar-refractivity contribution in [1.29, 1.82) is 0 Å². The molecule has 0 radical (unpaired) electrons. The number of aliphatic hydroxyl groups excluding tert-OH is 1. The van der Waals surface area contributed by atoms with E-state index in [1.165, 1.54) is 12.1 Å². The Morgan fingerprint density at radius 3 is 2.88 bits per heavy atom. The molecule has 0 saturated heterocycles. The minimum absolute atomic E-state index is 0.359. The highest BCUT2D eigenvalue weighted by Gasteiger charge is 2.09. The molecule has 0 aromatic heterocycles. The van der Waals surface area contributed by atoms with Crippen molar-refractivity contribution < 1.29 is 14.2 Å². The van der Waals surface area contributed by atoms with E-state index in [0.29, 0.717) is 24.5 Å². The lowest BCUT2D eigenvalue weighted by Crippen LogP contribution is -2.11. The van der Waals surface area contributed by atoms with Crippen LogP contribution in [0.25, 0.3) is 0 Å². The second-order valence-electron chi connectivity index (χ2n) is 3.73. The van der Waals surface area contributed by atoms with E-state index in [9.17, 15) is 9.50 Å². The van der Waals surface area contributed by atoms with Crippen molar-refractivity contribution in [3.63, 3.8) is 0 Å². The highest BCUT2D eigenvalue weighted by molar-refractivity contribution is 6.31. The highest BCUT2D eigenvalue weighted by atomic mass is 35.5. The third-order valence-corrected chi connectivity index (χ3v) is 2.71. The zero-order valence-electron chi connectivity index (χ0n) is 9.25. The molecule has 1 unspecified atom stereocenters. The van der Waals surface area contributed by atoms with Crippen LogP contribution in [0.4, 0.5) is 4.39 Å². The summed E-state index contributed by atoms with van der Waals surface area (Å²) in [5.74, 6) is -0.359. The molecule has 1 N–H and O–H groups in total. The minimum Gasteiger partial charge on any atom is -0.393 e. The highest BCUT2D eigenvalue weighted by Crippen LogP contribution is 2.19. The smallest absolute Gasteiger partial charge is 0.124 e. The molecule has 0 saturated carbocycles. The molecule has 0 bridgehead atoms. The number of benzene rings is 1. The van der Waals surface area contributed by atoms with Gasteiger partial charge in [-0.2, -0.15) is 0 Å². The third kappa shape index (κ3) is 4.47. The molecule has 2 nitrogen and oxygen atoms in total. The first kappa shape index (κ1) is 13.4. The van der Waals surface area contributed by atoms with Crippen LogP contribution in [-0.4, -0.2) is 24.9 Å². The first-order valence-corrected chi connectivity index (χ1v) is 5.62. The Balaban J connectivity index is 2.46. The second-order valence-corrected chi connectivity index (χ2v) is 4.14. The summed E-state index contributed by atoms with van der Waals surface area (Å²) in [5, 5.41) is 10.1. The number of methoxy groups -OCH3 is 1. The number of ether oxygens (including phenoxy) is 1. The van der Waals surface area contributed by atoms with Gasteiger partial charge in [-0.1, -0.05) is 17.7 Å². The van der Waals surface area contributed by atoms with Crippen molar-refractivity contribution in [2.75, 3.05) is 13.7 Å². The Morgan fingerprint density at radius 2 is 2.25 bits per heavy atom. The van der Waals surface area contributed by atoms with Crippen molar-refractivity contribution in [2.24, 2.45) is 0 Å². The fourth-order valence-electron chi connectivity index (χ4n) is 1.51. The maximum Gasteiger partial charge on any atom is 0.124 e. The van der Waals surface area contributed by atoms with Gasteiger partial charge in [0.05, 0.1) is 6.10 Å². The SMILES string of the molecule is COCCCC(O)Cc1ccc(F)cc1Cl. The van der Waals surface area contributed by atoms with E-state index in [-0.39, 0.29) is 5.82 Å². The van der Waals surface area contributed by atoms with E-state index in [4.69, 9.17) is 16.3 Å². The van der Waals surface area contributed by atoms with Crippen LogP contribution in [0.15, 0.2) is 18.2 Å². The molecule has 0 heterocycles. The van der Waals surface area contributed by atoms with Crippen LogP contribution >= 0.6 is 11.6 Å². The minimum atomic E-state index is -0.460. The molecule has 1 aromatic rings. The fraction of sp³-hybridized carbons (Fsp3) is 0.500. The standard InChI is InChI=1S/C12H16ClFO2/c1-16-6-2-3-11(15)7-9-4-5-10(14)8-12(9)13/h4-5,8,11,15H,2-3,6-7H2,1H3. The topological polar surface area (TPSA) is 29.5 Å². The lowest BCUT2D eigenvalue weighted by molar-refractivity contribution is 0.135. The number of rotatable bonds is 6. The Bertz CT molecular complexity index is 331. The molecule has 0 spiro atoms. The van der Waals surface area contributed by atoms with Crippen LogP contribution in [-0.2, 0) is 11.2 Å². The Kier molecular flexibility index (Phi) is 5.74. The zero-order valence-corrected chi connectivity index (χ0v) is 10.0. The predicted octanol–water partition coefficient (Wildman–Crippen LogP) is 2.81. The molecule has 16 heavy (non-hydrogen) atoms. The van der Waals surface area contributed by atoms with Crippen molar-refractivity contribution in [2.45, 2.75) is 25.4 Å². The molecule has 0 aliphatic carbocycles. The maximum atomic E-state index is 12.8. The van der Waals surface area contributed by atoms with Crippen molar-refractivity contribution >= 4 is 11.6 Å². The van der Waals surface area contributed by atoms with E-state index in [1.807, 2.05) is 0 Å². The van der Waals surface area contributed by atoms with Gasteiger partial charge in [0.15, 0.2) is 0 Å². The molecule has 0 aliphatic heterocycles. The van der Waals surface area contributed by atoms with Crippen LogP contribution in [0.2, 0.25) is 5.02 Å². The average molecular weight is 247 g/mol. The molecule has 4 heteroatoms. The van der Waals surface area contributed by atoms with Crippen molar-refractivity contribution in [3.8, 4) is 0 Å². The zero-order chi connectivity index (χ0) is 12.0. The molecule has 1 aromatic carbocycles. The van der Waals surface area contributed by atoms with E-state index < -0.39 is 6.10 Å². The van der Waals surface area contributed by atoms with Gasteiger partial charge in [-0.05, 0) is 37.0 Å². The van der Waals surface area contributed by atoms with Crippen molar-refractivity contribution in [1.82, 2.24) is 0 Å². The van der Waals surface area contributed by atoms with E-state index >= 15 is 0 Å². The van der Waals surface area contributed by atoms with E-state index in [2.05, 4.69) is 0 Å². The number of halogens is 2. The van der Waals surface area contributed by atoms with Gasteiger partial charge in [0.25, 0.3) is 0 Å². The summed E-state index contributed by atoms with van der Waals surface area (Å²) in [6.45, 7) is 0.633. The first-order valence-electron chi connectivity index (χ1n) is 5.24. The first-order chi connectivity index (χ1) is 7.63. The van der Waals surface area contributed by atoms with Crippen LogP contribution in [0.1, 0.15) is 18.4 Å². The lowest BCUT2D eigenvalue weighted by atomic mass is 10.0. The summed E-state index contributed by atoms with van der Waals surface area (Å²) in [6.07, 6.45) is 1.44. The summed E-state index contributed by atoms with van der Waals surface area (Å²) >= 11 is 5.86. The summed E-state index contributed by atoms with van der Waals surface area (Å²) in [5.41, 5.74) is 0.771. The van der Waals surface area contributed by atoms with Gasteiger partial charge in [-0.15, -0.1) is 0 Å². The molecule has 0 aliphatic rings.